The molecule has 70 valence electrons. The van der Waals surface area contributed by atoms with E-state index in [1.54, 1.807) is 0 Å². The van der Waals surface area contributed by atoms with Crippen molar-refractivity contribution in [1.29, 1.82) is 0 Å². The van der Waals surface area contributed by atoms with E-state index in [0.29, 0.717) is 12.1 Å². The van der Waals surface area contributed by atoms with E-state index >= 15 is 0 Å². The molecule has 2 N–H and O–H groups in total. The summed E-state index contributed by atoms with van der Waals surface area (Å²) >= 11 is 0. The summed E-state index contributed by atoms with van der Waals surface area (Å²) in [6.45, 7) is 4.46. The third-order valence-electron chi connectivity index (χ3n) is 2.77. The second-order valence-electron chi connectivity index (χ2n) is 3.73. The molecule has 0 fully saturated rings. The van der Waals surface area contributed by atoms with Gasteiger partial charge in [0.1, 0.15) is 0 Å². The second kappa shape index (κ2) is 3.13. The van der Waals surface area contributed by atoms with E-state index in [4.69, 9.17) is 5.11 Å². The first kappa shape index (κ1) is 8.73. The van der Waals surface area contributed by atoms with Crippen molar-refractivity contribution in [2.75, 3.05) is 0 Å². The van der Waals surface area contributed by atoms with Crippen molar-refractivity contribution in [2.45, 2.75) is 32.5 Å². The van der Waals surface area contributed by atoms with Gasteiger partial charge < -0.3 is 10.4 Å². The maximum Gasteiger partial charge on any atom is 0.0681 e. The first-order valence-corrected chi connectivity index (χ1v) is 4.72. The molecule has 13 heavy (non-hydrogen) atoms. The van der Waals surface area contributed by atoms with Crippen molar-refractivity contribution < 1.29 is 5.11 Å². The van der Waals surface area contributed by atoms with Crippen LogP contribution in [-0.4, -0.2) is 5.11 Å². The van der Waals surface area contributed by atoms with Crippen molar-refractivity contribution in [3.63, 3.8) is 0 Å². The van der Waals surface area contributed by atoms with Crippen LogP contribution in [0.15, 0.2) is 18.2 Å². The molecule has 0 aromatic heterocycles. The van der Waals surface area contributed by atoms with Crippen LogP contribution in [0.1, 0.15) is 42.6 Å². The molecule has 0 aliphatic carbocycles. The van der Waals surface area contributed by atoms with Gasteiger partial charge in [-0.15, -0.1) is 0 Å². The van der Waals surface area contributed by atoms with Crippen molar-refractivity contribution in [2.24, 2.45) is 0 Å². The van der Waals surface area contributed by atoms with Gasteiger partial charge in [-0.25, -0.2) is 0 Å². The van der Waals surface area contributed by atoms with Gasteiger partial charge >= 0.3 is 0 Å². The molecule has 0 saturated heterocycles. The lowest BCUT2D eigenvalue weighted by molar-refractivity contribution is 0.281. The highest BCUT2D eigenvalue weighted by atomic mass is 16.3. The molecule has 0 amide bonds. The van der Waals surface area contributed by atoms with E-state index in [9.17, 15) is 0 Å². The maximum absolute atomic E-state index is 9.00. The van der Waals surface area contributed by atoms with Crippen LogP contribution in [0.3, 0.4) is 0 Å². The Kier molecular flexibility index (Phi) is 2.10. The predicted molar refractivity (Wildman–Crippen MR) is 52.3 cm³/mol. The van der Waals surface area contributed by atoms with Gasteiger partial charge in [-0.2, -0.15) is 0 Å². The standard InChI is InChI=1S/C11H15NO/c1-7-10-4-3-9(6-13)5-11(10)8(2)12-7/h3-5,7-8,12-13H,6H2,1-2H3. The molecular weight excluding hydrogens is 162 g/mol. The fourth-order valence-corrected chi connectivity index (χ4v) is 2.05. The minimum Gasteiger partial charge on any atom is -0.392 e. The van der Waals surface area contributed by atoms with Crippen LogP contribution in [0.5, 0.6) is 0 Å². The Morgan fingerprint density at radius 2 is 1.92 bits per heavy atom. The van der Waals surface area contributed by atoms with Crippen LogP contribution in [0.25, 0.3) is 0 Å². The fraction of sp³-hybridized carbons (Fsp3) is 0.455. The van der Waals surface area contributed by atoms with Crippen molar-refractivity contribution >= 4 is 0 Å². The number of fused-ring (bicyclic) bond motifs is 1. The molecule has 1 heterocycles. The summed E-state index contributed by atoms with van der Waals surface area (Å²) in [6, 6.07) is 7.06. The van der Waals surface area contributed by atoms with Gasteiger partial charge in [0, 0.05) is 12.1 Å². The van der Waals surface area contributed by atoms with E-state index in [0.717, 1.165) is 5.56 Å². The molecule has 0 radical (unpaired) electrons. The smallest absolute Gasteiger partial charge is 0.0681 e. The normalized spacial score (nSPS) is 26.1. The highest BCUT2D eigenvalue weighted by Gasteiger charge is 2.23. The lowest BCUT2D eigenvalue weighted by Gasteiger charge is -2.05. The summed E-state index contributed by atoms with van der Waals surface area (Å²) in [4.78, 5) is 0. The van der Waals surface area contributed by atoms with Crippen molar-refractivity contribution in [3.8, 4) is 0 Å². The highest BCUT2D eigenvalue weighted by molar-refractivity contribution is 5.39. The number of aliphatic hydroxyl groups is 1. The average molecular weight is 177 g/mol. The van der Waals surface area contributed by atoms with Gasteiger partial charge in [0.05, 0.1) is 6.61 Å². The van der Waals surface area contributed by atoms with Crippen molar-refractivity contribution in [1.82, 2.24) is 5.32 Å². The molecule has 1 aliphatic rings. The maximum atomic E-state index is 9.00. The number of hydrogen-bond donors (Lipinski definition) is 2. The molecular formula is C11H15NO. The summed E-state index contributed by atoms with van der Waals surface area (Å²) in [5.41, 5.74) is 3.70. The monoisotopic (exact) mass is 177 g/mol. The minimum atomic E-state index is 0.133. The highest BCUT2D eigenvalue weighted by Crippen LogP contribution is 2.32. The van der Waals surface area contributed by atoms with E-state index in [1.165, 1.54) is 11.1 Å². The Balaban J connectivity index is 2.46. The topological polar surface area (TPSA) is 32.3 Å². The van der Waals surface area contributed by atoms with E-state index < -0.39 is 0 Å². The molecule has 1 aliphatic heterocycles. The second-order valence-corrected chi connectivity index (χ2v) is 3.73. The Labute approximate surface area is 78.6 Å². The van der Waals surface area contributed by atoms with Crippen LogP contribution in [-0.2, 0) is 6.61 Å². The van der Waals surface area contributed by atoms with Crippen LogP contribution in [0.4, 0.5) is 0 Å². The molecule has 2 rings (SSSR count). The molecule has 0 bridgehead atoms. The van der Waals surface area contributed by atoms with E-state index in [-0.39, 0.29) is 6.61 Å². The number of rotatable bonds is 1. The van der Waals surface area contributed by atoms with Crippen molar-refractivity contribution in [3.05, 3.63) is 34.9 Å². The lowest BCUT2D eigenvalue weighted by Crippen LogP contribution is -2.11. The number of aliphatic hydroxyl groups excluding tert-OH is 1. The van der Waals surface area contributed by atoms with Crippen LogP contribution >= 0.6 is 0 Å². The largest absolute Gasteiger partial charge is 0.392 e. The van der Waals surface area contributed by atoms with E-state index in [2.05, 4.69) is 31.3 Å². The van der Waals surface area contributed by atoms with Gasteiger partial charge in [0.2, 0.25) is 0 Å². The van der Waals surface area contributed by atoms with Gasteiger partial charge in [-0.1, -0.05) is 18.2 Å². The summed E-state index contributed by atoms with van der Waals surface area (Å²) in [7, 11) is 0. The summed E-state index contributed by atoms with van der Waals surface area (Å²) < 4.78 is 0. The van der Waals surface area contributed by atoms with Gasteiger partial charge in [-0.3, -0.25) is 0 Å². The molecule has 2 atom stereocenters. The Hall–Kier alpha value is -0.860. The van der Waals surface area contributed by atoms with Crippen LogP contribution in [0, 0.1) is 0 Å². The molecule has 0 spiro atoms. The Morgan fingerprint density at radius 1 is 1.23 bits per heavy atom. The molecule has 2 nitrogen and oxygen atoms in total. The number of hydrogen-bond acceptors (Lipinski definition) is 2. The Morgan fingerprint density at radius 3 is 2.62 bits per heavy atom. The molecule has 1 aromatic carbocycles. The summed E-state index contributed by atoms with van der Waals surface area (Å²) in [5.74, 6) is 0. The van der Waals surface area contributed by atoms with Gasteiger partial charge in [0.25, 0.3) is 0 Å². The number of nitrogens with one attached hydrogen (secondary N) is 1. The van der Waals surface area contributed by atoms with Crippen LogP contribution in [0.2, 0.25) is 0 Å². The van der Waals surface area contributed by atoms with E-state index in [1.807, 2.05) is 6.07 Å². The first-order chi connectivity index (χ1) is 6.22. The summed E-state index contributed by atoms with van der Waals surface area (Å²) in [6.07, 6.45) is 0. The zero-order chi connectivity index (χ0) is 9.42. The third-order valence-corrected chi connectivity index (χ3v) is 2.77. The van der Waals surface area contributed by atoms with Gasteiger partial charge in [0.15, 0.2) is 0 Å². The Bertz CT molecular complexity index is 322. The molecule has 0 saturated carbocycles. The predicted octanol–water partition coefficient (Wildman–Crippen LogP) is 1.90. The zero-order valence-electron chi connectivity index (χ0n) is 8.04. The van der Waals surface area contributed by atoms with Crippen LogP contribution < -0.4 is 5.32 Å². The quantitative estimate of drug-likeness (QED) is 0.686. The molecule has 1 aromatic rings. The molecule has 2 unspecified atom stereocenters. The first-order valence-electron chi connectivity index (χ1n) is 4.72. The SMILES string of the molecule is CC1NC(C)c2cc(CO)ccc21. The fourth-order valence-electron chi connectivity index (χ4n) is 2.05. The van der Waals surface area contributed by atoms with Gasteiger partial charge in [-0.05, 0) is 30.5 Å². The summed E-state index contributed by atoms with van der Waals surface area (Å²) in [5, 5.41) is 12.5. The molecule has 2 heteroatoms. The lowest BCUT2D eigenvalue weighted by atomic mass is 10.0. The number of benzene rings is 1. The average Bonchev–Trinajstić information content (AvgIpc) is 2.42. The zero-order valence-corrected chi connectivity index (χ0v) is 8.04. The minimum absolute atomic E-state index is 0.133. The third kappa shape index (κ3) is 1.36.